The fourth-order valence-electron chi connectivity index (χ4n) is 3.29. The number of carbonyl (C=O) groups excluding carboxylic acids is 1. The van der Waals surface area contributed by atoms with Crippen molar-refractivity contribution >= 4 is 18.3 Å². The highest BCUT2D eigenvalue weighted by Gasteiger charge is 2.28. The fraction of sp³-hybridized carbons (Fsp3) is 0.500. The van der Waals surface area contributed by atoms with Crippen LogP contribution in [0.4, 0.5) is 0 Å². The van der Waals surface area contributed by atoms with E-state index < -0.39 is 0 Å². The van der Waals surface area contributed by atoms with Crippen LogP contribution < -0.4 is 20.1 Å². The lowest BCUT2D eigenvalue weighted by atomic mass is 10.1. The van der Waals surface area contributed by atoms with Crippen molar-refractivity contribution in [3.05, 3.63) is 42.5 Å². The first-order valence-corrected chi connectivity index (χ1v) is 9.71. The van der Waals surface area contributed by atoms with Gasteiger partial charge in [-0.05, 0) is 31.2 Å². The van der Waals surface area contributed by atoms with Gasteiger partial charge in [-0.3, -0.25) is 9.69 Å². The van der Waals surface area contributed by atoms with Crippen LogP contribution in [0.2, 0.25) is 0 Å². The van der Waals surface area contributed by atoms with Crippen molar-refractivity contribution in [2.75, 3.05) is 45.9 Å². The van der Waals surface area contributed by atoms with Crippen LogP contribution in [0.1, 0.15) is 18.8 Å². The highest BCUT2D eigenvalue weighted by molar-refractivity contribution is 5.85. The summed E-state index contributed by atoms with van der Waals surface area (Å²) in [5.41, 5.74) is 0. The van der Waals surface area contributed by atoms with Crippen molar-refractivity contribution in [2.24, 2.45) is 7.05 Å². The number of halogens is 1. The minimum atomic E-state index is -0.00333. The van der Waals surface area contributed by atoms with Gasteiger partial charge in [0.2, 0.25) is 5.91 Å². The Labute approximate surface area is 178 Å². The van der Waals surface area contributed by atoms with Gasteiger partial charge in [-0.2, -0.15) is 0 Å². The minimum Gasteiger partial charge on any atom is -0.494 e. The second-order valence-corrected chi connectivity index (χ2v) is 6.69. The third-order valence-corrected chi connectivity index (χ3v) is 4.69. The topological polar surface area (TPSA) is 80.7 Å². The molecule has 160 valence electrons. The smallest absolute Gasteiger partial charge is 0.234 e. The van der Waals surface area contributed by atoms with E-state index in [4.69, 9.17) is 9.47 Å². The van der Waals surface area contributed by atoms with E-state index in [-0.39, 0.29) is 24.4 Å². The van der Waals surface area contributed by atoms with E-state index in [1.165, 1.54) is 0 Å². The summed E-state index contributed by atoms with van der Waals surface area (Å²) in [5, 5.41) is 6.31. The standard InChI is InChI=1S/C20H29N5O3.ClH/c1-3-27-16-4-6-17(7-5-16)28-13-10-22-19(26)15-25-12-8-21-14-18(25)20-23-9-11-24(20)2;/h4-7,9,11,18,21H,3,8,10,12-15H2,1-2H3,(H,22,26);1H. The number of amides is 1. The van der Waals surface area contributed by atoms with Gasteiger partial charge in [-0.25, -0.2) is 4.98 Å². The number of aromatic nitrogens is 2. The highest BCUT2D eigenvalue weighted by atomic mass is 35.5. The molecule has 3 rings (SSSR count). The molecule has 1 fully saturated rings. The van der Waals surface area contributed by atoms with Gasteiger partial charge in [0.05, 0.1) is 25.7 Å². The largest absolute Gasteiger partial charge is 0.494 e. The molecule has 0 bridgehead atoms. The molecule has 1 atom stereocenters. The molecule has 0 saturated carbocycles. The van der Waals surface area contributed by atoms with Gasteiger partial charge in [-0.1, -0.05) is 0 Å². The monoisotopic (exact) mass is 423 g/mol. The molecule has 0 spiro atoms. The summed E-state index contributed by atoms with van der Waals surface area (Å²) in [4.78, 5) is 19.0. The predicted octanol–water partition coefficient (Wildman–Crippen LogP) is 1.38. The Morgan fingerprint density at radius 2 is 2.00 bits per heavy atom. The zero-order valence-corrected chi connectivity index (χ0v) is 17.8. The van der Waals surface area contributed by atoms with E-state index in [1.807, 2.05) is 49.0 Å². The van der Waals surface area contributed by atoms with E-state index in [1.54, 1.807) is 6.20 Å². The molecule has 0 radical (unpaired) electrons. The van der Waals surface area contributed by atoms with Crippen molar-refractivity contribution < 1.29 is 14.3 Å². The lowest BCUT2D eigenvalue weighted by Gasteiger charge is -2.35. The number of carbonyl (C=O) groups is 1. The number of nitrogens with zero attached hydrogens (tertiary/aromatic N) is 3. The predicted molar refractivity (Wildman–Crippen MR) is 114 cm³/mol. The first kappa shape index (κ1) is 23.0. The molecular formula is C20H30ClN5O3. The molecule has 9 heteroatoms. The van der Waals surface area contributed by atoms with E-state index in [0.29, 0.717) is 26.3 Å². The van der Waals surface area contributed by atoms with Crippen LogP contribution in [0, 0.1) is 0 Å². The SMILES string of the molecule is CCOc1ccc(OCCNC(=O)CN2CCNCC2c2nccn2C)cc1.Cl. The summed E-state index contributed by atoms with van der Waals surface area (Å²) < 4.78 is 13.1. The summed E-state index contributed by atoms with van der Waals surface area (Å²) in [7, 11) is 1.98. The number of ether oxygens (including phenoxy) is 2. The molecule has 0 aliphatic carbocycles. The molecule has 1 aromatic carbocycles. The van der Waals surface area contributed by atoms with Gasteiger partial charge < -0.3 is 24.7 Å². The number of hydrogen-bond donors (Lipinski definition) is 2. The van der Waals surface area contributed by atoms with E-state index in [0.717, 1.165) is 37.0 Å². The fourth-order valence-corrected chi connectivity index (χ4v) is 3.29. The van der Waals surface area contributed by atoms with Gasteiger partial charge in [-0.15, -0.1) is 12.4 Å². The van der Waals surface area contributed by atoms with Crippen LogP contribution in [0.15, 0.2) is 36.7 Å². The number of aryl methyl sites for hydroxylation is 1. The van der Waals surface area contributed by atoms with Crippen LogP contribution in [-0.2, 0) is 11.8 Å². The average molecular weight is 424 g/mol. The zero-order chi connectivity index (χ0) is 19.8. The van der Waals surface area contributed by atoms with Gasteiger partial charge in [0, 0.05) is 39.1 Å². The first-order chi connectivity index (χ1) is 13.7. The Hall–Kier alpha value is -2.29. The Balaban J connectivity index is 0.00000300. The van der Waals surface area contributed by atoms with Gasteiger partial charge in [0.1, 0.15) is 23.9 Å². The van der Waals surface area contributed by atoms with Crippen LogP contribution in [0.3, 0.4) is 0 Å². The molecule has 2 N–H and O–H groups in total. The summed E-state index contributed by atoms with van der Waals surface area (Å²) in [6, 6.07) is 7.58. The molecule has 1 unspecified atom stereocenters. The van der Waals surface area contributed by atoms with Crippen LogP contribution in [0.5, 0.6) is 11.5 Å². The maximum atomic E-state index is 12.4. The quantitative estimate of drug-likeness (QED) is 0.593. The van der Waals surface area contributed by atoms with Crippen LogP contribution in [0.25, 0.3) is 0 Å². The zero-order valence-electron chi connectivity index (χ0n) is 17.0. The van der Waals surface area contributed by atoms with Crippen molar-refractivity contribution in [3.8, 4) is 11.5 Å². The molecule has 1 saturated heterocycles. The summed E-state index contributed by atoms with van der Waals surface area (Å²) in [5.74, 6) is 2.55. The van der Waals surface area contributed by atoms with E-state index in [9.17, 15) is 4.79 Å². The summed E-state index contributed by atoms with van der Waals surface area (Å²) in [6.45, 7) is 6.30. The van der Waals surface area contributed by atoms with E-state index in [2.05, 4.69) is 20.5 Å². The molecule has 8 nitrogen and oxygen atoms in total. The lowest BCUT2D eigenvalue weighted by Crippen LogP contribution is -2.50. The van der Waals surface area contributed by atoms with Gasteiger partial charge in [0.25, 0.3) is 0 Å². The second-order valence-electron chi connectivity index (χ2n) is 6.69. The number of rotatable bonds is 9. The first-order valence-electron chi connectivity index (χ1n) is 9.71. The van der Waals surface area contributed by atoms with Crippen molar-refractivity contribution in [1.82, 2.24) is 25.1 Å². The molecule has 1 aliphatic heterocycles. The highest BCUT2D eigenvalue weighted by Crippen LogP contribution is 2.20. The van der Waals surface area contributed by atoms with Crippen molar-refractivity contribution in [3.63, 3.8) is 0 Å². The number of hydrogen-bond acceptors (Lipinski definition) is 6. The van der Waals surface area contributed by atoms with Gasteiger partial charge >= 0.3 is 0 Å². The summed E-state index contributed by atoms with van der Waals surface area (Å²) in [6.07, 6.45) is 3.72. The Morgan fingerprint density at radius 1 is 1.28 bits per heavy atom. The molecular weight excluding hydrogens is 394 g/mol. The number of nitrogens with one attached hydrogen (secondary N) is 2. The molecule has 2 aromatic rings. The molecule has 1 amide bonds. The minimum absolute atomic E-state index is 0. The Kier molecular flexibility index (Phi) is 9.24. The molecule has 2 heterocycles. The lowest BCUT2D eigenvalue weighted by molar-refractivity contribution is -0.123. The number of piperazine rings is 1. The third-order valence-electron chi connectivity index (χ3n) is 4.69. The number of imidazole rings is 1. The van der Waals surface area contributed by atoms with Crippen molar-refractivity contribution in [1.29, 1.82) is 0 Å². The van der Waals surface area contributed by atoms with Crippen molar-refractivity contribution in [2.45, 2.75) is 13.0 Å². The normalized spacial score (nSPS) is 16.7. The van der Waals surface area contributed by atoms with E-state index >= 15 is 0 Å². The van der Waals surface area contributed by atoms with Crippen LogP contribution >= 0.6 is 12.4 Å². The average Bonchev–Trinajstić information content (AvgIpc) is 3.13. The molecule has 1 aliphatic rings. The third kappa shape index (κ3) is 6.62. The molecule has 1 aromatic heterocycles. The Morgan fingerprint density at radius 3 is 2.66 bits per heavy atom. The van der Waals surface area contributed by atoms with Gasteiger partial charge in [0.15, 0.2) is 0 Å². The van der Waals surface area contributed by atoms with Crippen LogP contribution in [-0.4, -0.2) is 66.3 Å². The Bertz CT molecular complexity index is 753. The second kappa shape index (κ2) is 11.6. The maximum Gasteiger partial charge on any atom is 0.234 e. The maximum absolute atomic E-state index is 12.4. The molecule has 29 heavy (non-hydrogen) atoms. The summed E-state index contributed by atoms with van der Waals surface area (Å²) >= 11 is 0. The number of benzene rings is 1.